The van der Waals surface area contributed by atoms with Crippen molar-refractivity contribution in [3.8, 4) is 0 Å². The molecule has 1 saturated heterocycles. The van der Waals surface area contributed by atoms with Crippen LogP contribution in [0.4, 0.5) is 0 Å². The number of nitrogens with one attached hydrogen (secondary N) is 2. The summed E-state index contributed by atoms with van der Waals surface area (Å²) in [7, 11) is 1.84. The van der Waals surface area contributed by atoms with Crippen molar-refractivity contribution >= 4 is 17.3 Å². The first-order valence-electron chi connectivity index (χ1n) is 8.89. The van der Waals surface area contributed by atoms with Crippen LogP contribution in [0.2, 0.25) is 0 Å². The maximum absolute atomic E-state index is 4.30. The quantitative estimate of drug-likeness (QED) is 0.456. The van der Waals surface area contributed by atoms with Gasteiger partial charge in [-0.25, -0.2) is 0 Å². The van der Waals surface area contributed by atoms with E-state index in [9.17, 15) is 0 Å². The standard InChI is InChI=1S/C18H32N4S/c1-15-7-6-11-22(14-15)10-5-4-9-20-18(19-3)21-13-17-16(2)8-12-23-17/h8,12,15H,4-7,9-11,13-14H2,1-3H3,(H2,19,20,21). The summed E-state index contributed by atoms with van der Waals surface area (Å²) in [4.78, 5) is 8.31. The van der Waals surface area contributed by atoms with Crippen molar-refractivity contribution in [3.63, 3.8) is 0 Å². The molecule has 5 heteroatoms. The highest BCUT2D eigenvalue weighted by atomic mass is 32.1. The Balaban J connectivity index is 1.56. The lowest BCUT2D eigenvalue weighted by molar-refractivity contribution is 0.181. The van der Waals surface area contributed by atoms with Crippen LogP contribution < -0.4 is 10.6 Å². The largest absolute Gasteiger partial charge is 0.356 e. The van der Waals surface area contributed by atoms with Gasteiger partial charge in [-0.3, -0.25) is 4.99 Å². The third-order valence-corrected chi connectivity index (χ3v) is 5.57. The Morgan fingerprint density at radius 3 is 2.96 bits per heavy atom. The summed E-state index contributed by atoms with van der Waals surface area (Å²) >= 11 is 1.80. The second-order valence-corrected chi connectivity index (χ2v) is 7.64. The molecule has 0 aliphatic carbocycles. The SMILES string of the molecule is CN=C(NCCCCN1CCCC(C)C1)NCc1sccc1C. The Morgan fingerprint density at radius 1 is 1.39 bits per heavy atom. The van der Waals surface area contributed by atoms with Gasteiger partial charge in [0.1, 0.15) is 0 Å². The number of thiophene rings is 1. The van der Waals surface area contributed by atoms with Crippen molar-refractivity contribution in [2.24, 2.45) is 10.9 Å². The summed E-state index contributed by atoms with van der Waals surface area (Å²) in [6, 6.07) is 2.17. The van der Waals surface area contributed by atoms with E-state index < -0.39 is 0 Å². The topological polar surface area (TPSA) is 39.7 Å². The summed E-state index contributed by atoms with van der Waals surface area (Å²) in [5.41, 5.74) is 1.36. The second-order valence-electron chi connectivity index (χ2n) is 6.63. The number of hydrogen-bond donors (Lipinski definition) is 2. The number of unbranched alkanes of at least 4 members (excludes halogenated alkanes) is 1. The highest BCUT2D eigenvalue weighted by Crippen LogP contribution is 2.16. The molecule has 1 aromatic heterocycles. The van der Waals surface area contributed by atoms with Gasteiger partial charge in [-0.05, 0) is 68.6 Å². The van der Waals surface area contributed by atoms with E-state index in [0.717, 1.165) is 25.0 Å². The maximum atomic E-state index is 4.30. The minimum absolute atomic E-state index is 0.856. The lowest BCUT2D eigenvalue weighted by atomic mass is 10.0. The number of nitrogens with zero attached hydrogens (tertiary/aromatic N) is 2. The van der Waals surface area contributed by atoms with Gasteiger partial charge in [0.25, 0.3) is 0 Å². The first-order valence-corrected chi connectivity index (χ1v) is 9.77. The van der Waals surface area contributed by atoms with Crippen LogP contribution in [0.25, 0.3) is 0 Å². The van der Waals surface area contributed by atoms with E-state index in [-0.39, 0.29) is 0 Å². The van der Waals surface area contributed by atoms with E-state index in [2.05, 4.69) is 45.8 Å². The Kier molecular flexibility index (Phi) is 7.89. The molecule has 0 saturated carbocycles. The summed E-state index contributed by atoms with van der Waals surface area (Å²) in [5, 5.41) is 8.96. The highest BCUT2D eigenvalue weighted by molar-refractivity contribution is 7.10. The van der Waals surface area contributed by atoms with Crippen molar-refractivity contribution in [2.45, 2.75) is 46.1 Å². The van der Waals surface area contributed by atoms with Crippen molar-refractivity contribution in [1.29, 1.82) is 0 Å². The van der Waals surface area contributed by atoms with Crippen LogP contribution in [-0.4, -0.2) is 44.1 Å². The molecule has 0 bridgehead atoms. The Bertz CT molecular complexity index is 483. The van der Waals surface area contributed by atoms with Gasteiger partial charge < -0.3 is 15.5 Å². The van der Waals surface area contributed by atoms with Gasteiger partial charge in [0.05, 0.1) is 6.54 Å². The van der Waals surface area contributed by atoms with Crippen LogP contribution in [0.5, 0.6) is 0 Å². The molecular formula is C18H32N4S. The zero-order valence-corrected chi connectivity index (χ0v) is 15.7. The van der Waals surface area contributed by atoms with Crippen molar-refractivity contribution in [2.75, 3.05) is 33.2 Å². The van der Waals surface area contributed by atoms with E-state index in [1.54, 1.807) is 11.3 Å². The molecule has 2 rings (SSSR count). The Morgan fingerprint density at radius 2 is 2.26 bits per heavy atom. The van der Waals surface area contributed by atoms with Crippen molar-refractivity contribution in [3.05, 3.63) is 21.9 Å². The number of piperidine rings is 1. The van der Waals surface area contributed by atoms with Crippen LogP contribution in [0, 0.1) is 12.8 Å². The molecule has 1 aromatic rings. The predicted octanol–water partition coefficient (Wildman–Crippen LogP) is 3.23. The zero-order chi connectivity index (χ0) is 16.5. The fraction of sp³-hybridized carbons (Fsp3) is 0.722. The molecule has 1 atom stereocenters. The third-order valence-electron chi connectivity index (χ3n) is 4.54. The van der Waals surface area contributed by atoms with Gasteiger partial charge in [-0.2, -0.15) is 0 Å². The number of hydrogen-bond acceptors (Lipinski definition) is 3. The van der Waals surface area contributed by atoms with Crippen LogP contribution in [-0.2, 0) is 6.54 Å². The van der Waals surface area contributed by atoms with Gasteiger partial charge in [0.2, 0.25) is 0 Å². The normalized spacial score (nSPS) is 19.8. The molecule has 0 radical (unpaired) electrons. The third kappa shape index (κ3) is 6.51. The molecule has 0 spiro atoms. The van der Waals surface area contributed by atoms with Crippen molar-refractivity contribution < 1.29 is 0 Å². The monoisotopic (exact) mass is 336 g/mol. The molecule has 1 fully saturated rings. The molecular weight excluding hydrogens is 304 g/mol. The first-order chi connectivity index (χ1) is 11.2. The van der Waals surface area contributed by atoms with E-state index >= 15 is 0 Å². The van der Waals surface area contributed by atoms with E-state index in [0.29, 0.717) is 0 Å². The second kappa shape index (κ2) is 9.93. The predicted molar refractivity (Wildman–Crippen MR) is 101 cm³/mol. The lowest BCUT2D eigenvalue weighted by Crippen LogP contribution is -2.38. The molecule has 1 aliphatic rings. The lowest BCUT2D eigenvalue weighted by Gasteiger charge is -2.30. The van der Waals surface area contributed by atoms with Gasteiger partial charge in [0.15, 0.2) is 5.96 Å². The van der Waals surface area contributed by atoms with Gasteiger partial charge >= 0.3 is 0 Å². The summed E-state index contributed by atoms with van der Waals surface area (Å²) in [5.74, 6) is 1.79. The minimum Gasteiger partial charge on any atom is -0.356 e. The van der Waals surface area contributed by atoms with E-state index in [4.69, 9.17) is 0 Å². The maximum Gasteiger partial charge on any atom is 0.191 e. The van der Waals surface area contributed by atoms with Crippen LogP contribution in [0.15, 0.2) is 16.4 Å². The molecule has 2 heterocycles. The van der Waals surface area contributed by atoms with Crippen LogP contribution >= 0.6 is 11.3 Å². The van der Waals surface area contributed by atoms with Gasteiger partial charge in [-0.1, -0.05) is 6.92 Å². The number of aryl methyl sites for hydroxylation is 1. The van der Waals surface area contributed by atoms with Gasteiger partial charge in [0, 0.05) is 25.0 Å². The van der Waals surface area contributed by atoms with Gasteiger partial charge in [-0.15, -0.1) is 11.3 Å². The molecule has 1 aliphatic heterocycles. The number of rotatable bonds is 7. The fourth-order valence-electron chi connectivity index (χ4n) is 3.13. The highest BCUT2D eigenvalue weighted by Gasteiger charge is 2.15. The molecule has 2 N–H and O–H groups in total. The van der Waals surface area contributed by atoms with E-state index in [1.165, 1.54) is 55.8 Å². The molecule has 130 valence electrons. The Labute approximate surface area is 145 Å². The van der Waals surface area contributed by atoms with Crippen molar-refractivity contribution in [1.82, 2.24) is 15.5 Å². The molecule has 23 heavy (non-hydrogen) atoms. The molecule has 1 unspecified atom stereocenters. The summed E-state index contributed by atoms with van der Waals surface area (Å²) in [6.07, 6.45) is 5.24. The Hall–Kier alpha value is -1.07. The first kappa shape index (κ1) is 18.3. The minimum atomic E-state index is 0.856. The molecule has 4 nitrogen and oxygen atoms in total. The number of likely N-dealkylation sites (tertiary alicyclic amines) is 1. The summed E-state index contributed by atoms with van der Waals surface area (Å²) in [6.45, 7) is 10.2. The molecule has 0 aromatic carbocycles. The molecule has 0 amide bonds. The summed E-state index contributed by atoms with van der Waals surface area (Å²) < 4.78 is 0. The van der Waals surface area contributed by atoms with Crippen LogP contribution in [0.1, 0.15) is 43.0 Å². The van der Waals surface area contributed by atoms with Crippen LogP contribution in [0.3, 0.4) is 0 Å². The number of guanidine groups is 1. The zero-order valence-electron chi connectivity index (χ0n) is 14.9. The average Bonchev–Trinajstić information content (AvgIpc) is 2.95. The number of aliphatic imine (C=N–C) groups is 1. The smallest absolute Gasteiger partial charge is 0.191 e. The van der Waals surface area contributed by atoms with E-state index in [1.807, 2.05) is 7.05 Å². The fourth-order valence-corrected chi connectivity index (χ4v) is 3.97. The average molecular weight is 337 g/mol.